The first-order chi connectivity index (χ1) is 7.15. The molecular weight excluding hydrogens is 194 g/mol. The van der Waals surface area contributed by atoms with Gasteiger partial charge in [0.2, 0.25) is 5.91 Å². The third-order valence-electron chi connectivity index (χ3n) is 2.04. The molecule has 0 saturated carbocycles. The summed E-state index contributed by atoms with van der Waals surface area (Å²) in [6.07, 6.45) is -0.234. The molecule has 1 aromatic carbocycles. The molecule has 0 radical (unpaired) electrons. The Morgan fingerprint density at radius 1 is 1.27 bits per heavy atom. The minimum absolute atomic E-state index is 0.234. The zero-order valence-corrected chi connectivity index (χ0v) is 8.77. The molecule has 0 unspecified atom stereocenters. The molecule has 0 atom stereocenters. The molecule has 0 aliphatic heterocycles. The van der Waals surface area contributed by atoms with Crippen LogP contribution in [0.3, 0.4) is 0 Å². The molecule has 4 nitrogen and oxygen atoms in total. The number of methoxy groups -OCH3 is 1. The molecule has 15 heavy (non-hydrogen) atoms. The van der Waals surface area contributed by atoms with E-state index in [1.54, 1.807) is 19.2 Å². The van der Waals surface area contributed by atoms with Crippen LogP contribution in [-0.2, 0) is 14.3 Å². The van der Waals surface area contributed by atoms with E-state index in [0.717, 1.165) is 5.69 Å². The molecule has 1 amide bonds. The first-order valence-electron chi connectivity index (χ1n) is 4.53. The van der Waals surface area contributed by atoms with E-state index in [2.05, 4.69) is 4.74 Å². The van der Waals surface area contributed by atoms with Crippen molar-refractivity contribution in [3.05, 3.63) is 30.3 Å². The largest absolute Gasteiger partial charge is 0.469 e. The maximum atomic E-state index is 11.5. The van der Waals surface area contributed by atoms with Crippen LogP contribution in [0.25, 0.3) is 0 Å². The predicted molar refractivity (Wildman–Crippen MR) is 56.5 cm³/mol. The second kappa shape index (κ2) is 5.14. The lowest BCUT2D eigenvalue weighted by Gasteiger charge is -2.16. The topological polar surface area (TPSA) is 46.6 Å². The van der Waals surface area contributed by atoms with Crippen LogP contribution < -0.4 is 4.90 Å². The van der Waals surface area contributed by atoms with Gasteiger partial charge in [-0.15, -0.1) is 0 Å². The van der Waals surface area contributed by atoms with Gasteiger partial charge in [0.1, 0.15) is 6.42 Å². The average molecular weight is 207 g/mol. The Morgan fingerprint density at radius 3 is 2.40 bits per heavy atom. The summed E-state index contributed by atoms with van der Waals surface area (Å²) in [5, 5.41) is 0. The zero-order chi connectivity index (χ0) is 11.3. The maximum Gasteiger partial charge on any atom is 0.315 e. The third kappa shape index (κ3) is 3.09. The van der Waals surface area contributed by atoms with Gasteiger partial charge < -0.3 is 9.64 Å². The van der Waals surface area contributed by atoms with E-state index < -0.39 is 5.97 Å². The monoisotopic (exact) mass is 207 g/mol. The Labute approximate surface area is 88.5 Å². The number of anilines is 1. The summed E-state index contributed by atoms with van der Waals surface area (Å²) in [7, 11) is 2.89. The quantitative estimate of drug-likeness (QED) is 0.553. The highest BCUT2D eigenvalue weighted by Gasteiger charge is 2.14. The molecule has 0 N–H and O–H groups in total. The van der Waals surface area contributed by atoms with Crippen molar-refractivity contribution in [2.24, 2.45) is 0 Å². The van der Waals surface area contributed by atoms with Crippen LogP contribution in [0.15, 0.2) is 30.3 Å². The molecule has 1 aromatic rings. The van der Waals surface area contributed by atoms with Gasteiger partial charge in [0.05, 0.1) is 7.11 Å². The molecule has 0 bridgehead atoms. The van der Waals surface area contributed by atoms with Crippen molar-refractivity contribution < 1.29 is 14.3 Å². The lowest BCUT2D eigenvalue weighted by atomic mass is 10.3. The highest BCUT2D eigenvalue weighted by molar-refractivity contribution is 6.03. The van der Waals surface area contributed by atoms with Gasteiger partial charge in [-0.05, 0) is 12.1 Å². The number of rotatable bonds is 3. The van der Waals surface area contributed by atoms with Crippen molar-refractivity contribution in [1.82, 2.24) is 0 Å². The maximum absolute atomic E-state index is 11.5. The van der Waals surface area contributed by atoms with E-state index in [1.807, 2.05) is 18.2 Å². The van der Waals surface area contributed by atoms with Gasteiger partial charge in [-0.1, -0.05) is 18.2 Å². The van der Waals surface area contributed by atoms with E-state index >= 15 is 0 Å². The molecule has 4 heteroatoms. The molecule has 0 heterocycles. The Kier molecular flexibility index (Phi) is 3.85. The molecular formula is C11H13NO3. The molecule has 1 rings (SSSR count). The number of hydrogen-bond donors (Lipinski definition) is 0. The zero-order valence-electron chi connectivity index (χ0n) is 8.77. The number of amides is 1. The van der Waals surface area contributed by atoms with Gasteiger partial charge >= 0.3 is 5.97 Å². The van der Waals surface area contributed by atoms with Crippen molar-refractivity contribution in [2.45, 2.75) is 6.42 Å². The number of carbonyl (C=O) groups excluding carboxylic acids is 2. The Bertz CT molecular complexity index is 348. The van der Waals surface area contributed by atoms with Crippen LogP contribution in [0.4, 0.5) is 5.69 Å². The molecule has 0 aliphatic rings. The summed E-state index contributed by atoms with van der Waals surface area (Å²) in [6, 6.07) is 9.13. The summed E-state index contributed by atoms with van der Waals surface area (Å²) in [5.74, 6) is -0.809. The Balaban J connectivity index is 2.65. The van der Waals surface area contributed by atoms with E-state index in [4.69, 9.17) is 0 Å². The fraction of sp³-hybridized carbons (Fsp3) is 0.273. The summed E-state index contributed by atoms with van der Waals surface area (Å²) >= 11 is 0. The normalized spacial score (nSPS) is 9.47. The highest BCUT2D eigenvalue weighted by Crippen LogP contribution is 2.11. The lowest BCUT2D eigenvalue weighted by Crippen LogP contribution is -2.28. The van der Waals surface area contributed by atoms with Crippen LogP contribution in [0.2, 0.25) is 0 Å². The fourth-order valence-electron chi connectivity index (χ4n) is 1.11. The Hall–Kier alpha value is -1.84. The van der Waals surface area contributed by atoms with Gasteiger partial charge in [0.15, 0.2) is 0 Å². The Morgan fingerprint density at radius 2 is 1.87 bits per heavy atom. The standard InChI is InChI=1S/C11H13NO3/c1-12(9-6-4-3-5-7-9)10(13)8-11(14)15-2/h3-7H,8H2,1-2H3. The van der Waals surface area contributed by atoms with Crippen molar-refractivity contribution in [3.8, 4) is 0 Å². The second-order valence-corrected chi connectivity index (χ2v) is 3.04. The van der Waals surface area contributed by atoms with Crippen LogP contribution in [0, 0.1) is 0 Å². The first kappa shape index (κ1) is 11.2. The van der Waals surface area contributed by atoms with Crippen LogP contribution >= 0.6 is 0 Å². The minimum Gasteiger partial charge on any atom is -0.469 e. The van der Waals surface area contributed by atoms with Crippen molar-refractivity contribution >= 4 is 17.6 Å². The fourth-order valence-corrected chi connectivity index (χ4v) is 1.11. The smallest absolute Gasteiger partial charge is 0.315 e. The number of para-hydroxylation sites is 1. The van der Waals surface area contributed by atoms with E-state index in [9.17, 15) is 9.59 Å². The van der Waals surface area contributed by atoms with Gasteiger partial charge in [-0.2, -0.15) is 0 Å². The van der Waals surface area contributed by atoms with Gasteiger partial charge in [-0.25, -0.2) is 0 Å². The molecule has 0 spiro atoms. The summed E-state index contributed by atoms with van der Waals surface area (Å²) < 4.78 is 4.42. The number of esters is 1. The number of nitrogens with zero attached hydrogens (tertiary/aromatic N) is 1. The summed E-state index contributed by atoms with van der Waals surface area (Å²) in [5.41, 5.74) is 0.756. The van der Waals surface area contributed by atoms with Gasteiger partial charge in [0.25, 0.3) is 0 Å². The van der Waals surface area contributed by atoms with E-state index in [-0.39, 0.29) is 12.3 Å². The molecule has 80 valence electrons. The van der Waals surface area contributed by atoms with Crippen molar-refractivity contribution in [3.63, 3.8) is 0 Å². The van der Waals surface area contributed by atoms with Crippen LogP contribution in [0.1, 0.15) is 6.42 Å². The van der Waals surface area contributed by atoms with Crippen LogP contribution in [-0.4, -0.2) is 26.0 Å². The average Bonchev–Trinajstić information content (AvgIpc) is 2.29. The highest BCUT2D eigenvalue weighted by atomic mass is 16.5. The minimum atomic E-state index is -0.525. The number of carbonyl (C=O) groups is 2. The summed E-state index contributed by atoms with van der Waals surface area (Å²) in [4.78, 5) is 23.9. The molecule has 0 saturated heterocycles. The lowest BCUT2D eigenvalue weighted by molar-refractivity contribution is -0.143. The van der Waals surface area contributed by atoms with Gasteiger partial charge in [0, 0.05) is 12.7 Å². The SMILES string of the molecule is COC(=O)CC(=O)N(C)c1ccccc1. The van der Waals surface area contributed by atoms with Crippen LogP contribution in [0.5, 0.6) is 0 Å². The third-order valence-corrected chi connectivity index (χ3v) is 2.04. The van der Waals surface area contributed by atoms with Crippen molar-refractivity contribution in [1.29, 1.82) is 0 Å². The van der Waals surface area contributed by atoms with E-state index in [1.165, 1.54) is 12.0 Å². The molecule has 0 aromatic heterocycles. The molecule has 0 aliphatic carbocycles. The second-order valence-electron chi connectivity index (χ2n) is 3.04. The van der Waals surface area contributed by atoms with E-state index in [0.29, 0.717) is 0 Å². The number of benzene rings is 1. The first-order valence-corrected chi connectivity index (χ1v) is 4.53. The van der Waals surface area contributed by atoms with Crippen molar-refractivity contribution in [2.75, 3.05) is 19.1 Å². The number of hydrogen-bond acceptors (Lipinski definition) is 3. The molecule has 0 fully saturated rings. The predicted octanol–water partition coefficient (Wildman–Crippen LogP) is 1.21. The number of ether oxygens (including phenoxy) is 1. The summed E-state index contributed by atoms with van der Waals surface area (Å²) in [6.45, 7) is 0. The van der Waals surface area contributed by atoms with Gasteiger partial charge in [-0.3, -0.25) is 9.59 Å².